The number of nitrogens with two attached hydrogens (primary N) is 1. The van der Waals surface area contributed by atoms with Gasteiger partial charge in [0.05, 0.1) is 0 Å². The van der Waals surface area contributed by atoms with E-state index < -0.39 is 0 Å². The lowest BCUT2D eigenvalue weighted by Crippen LogP contribution is -2.24. The van der Waals surface area contributed by atoms with E-state index in [0.29, 0.717) is 5.92 Å². The van der Waals surface area contributed by atoms with Gasteiger partial charge < -0.3 is 15.6 Å². The Labute approximate surface area is 202 Å². The van der Waals surface area contributed by atoms with Crippen molar-refractivity contribution in [1.29, 1.82) is 0 Å². The van der Waals surface area contributed by atoms with Gasteiger partial charge in [-0.05, 0) is 102 Å². The molecule has 1 aromatic carbocycles. The van der Waals surface area contributed by atoms with Gasteiger partial charge in [0, 0.05) is 23.6 Å². The number of hydrogen-bond acceptors (Lipinski definition) is 2. The van der Waals surface area contributed by atoms with Crippen molar-refractivity contribution in [3.8, 4) is 0 Å². The summed E-state index contributed by atoms with van der Waals surface area (Å²) in [6.45, 7) is 10.5. The van der Waals surface area contributed by atoms with E-state index in [9.17, 15) is 0 Å². The van der Waals surface area contributed by atoms with Gasteiger partial charge >= 0.3 is 0 Å². The molecule has 1 atom stereocenters. The van der Waals surface area contributed by atoms with Crippen LogP contribution in [0.3, 0.4) is 0 Å². The minimum Gasteiger partial charge on any atom is -0.343 e. The third kappa shape index (κ3) is 7.86. The first-order chi connectivity index (χ1) is 16.1. The molecule has 1 aromatic heterocycles. The van der Waals surface area contributed by atoms with E-state index in [1.807, 2.05) is 0 Å². The summed E-state index contributed by atoms with van der Waals surface area (Å²) in [5.74, 6) is 1.46. The highest BCUT2D eigenvalue weighted by Gasteiger charge is 2.27. The molecular weight excluding hydrogens is 402 g/mol. The van der Waals surface area contributed by atoms with Crippen molar-refractivity contribution < 1.29 is 0 Å². The molecule has 182 valence electrons. The number of hydrogen-bond donors (Lipinski definition) is 2. The number of para-hydroxylation sites is 1. The van der Waals surface area contributed by atoms with Crippen molar-refractivity contribution in [2.75, 3.05) is 19.6 Å². The average Bonchev–Trinajstić information content (AvgIpc) is 3.19. The normalized spacial score (nSPS) is 16.3. The molecule has 0 saturated heterocycles. The summed E-state index contributed by atoms with van der Waals surface area (Å²) >= 11 is 0. The molecule has 1 heterocycles. The molecule has 3 rings (SSSR count). The molecule has 0 bridgehead atoms. The van der Waals surface area contributed by atoms with Gasteiger partial charge in [0.1, 0.15) is 0 Å². The van der Waals surface area contributed by atoms with E-state index in [2.05, 4.69) is 73.3 Å². The minimum atomic E-state index is 0.643. The number of fused-ring (bicyclic) bond motifs is 1. The molecule has 0 amide bonds. The lowest BCUT2D eigenvalue weighted by atomic mass is 9.75. The molecule has 3 N–H and O–H groups in total. The van der Waals surface area contributed by atoms with Crippen LogP contribution in [0.5, 0.6) is 0 Å². The van der Waals surface area contributed by atoms with Crippen LogP contribution in [-0.4, -0.2) is 24.2 Å². The van der Waals surface area contributed by atoms with Gasteiger partial charge in [0.2, 0.25) is 0 Å². The monoisotopic (exact) mass is 449 g/mol. The Kier molecular flexibility index (Phi) is 10.8. The second kappa shape index (κ2) is 13.8. The molecule has 33 heavy (non-hydrogen) atoms. The fraction of sp³-hybridized carbons (Fsp3) is 0.600. The highest BCUT2D eigenvalue weighted by atomic mass is 15.0. The predicted octanol–water partition coefficient (Wildman–Crippen LogP) is 7.33. The summed E-state index contributed by atoms with van der Waals surface area (Å²) in [6, 6.07) is 9.07. The van der Waals surface area contributed by atoms with Crippen LogP contribution >= 0.6 is 0 Å². The minimum absolute atomic E-state index is 0.643. The Balaban J connectivity index is 1.80. The molecule has 1 saturated carbocycles. The second-order valence-corrected chi connectivity index (χ2v) is 10.3. The molecule has 0 radical (unpaired) electrons. The summed E-state index contributed by atoms with van der Waals surface area (Å²) in [6.07, 6.45) is 18.8. The lowest BCUT2D eigenvalue weighted by molar-refractivity contribution is 0.293. The summed E-state index contributed by atoms with van der Waals surface area (Å²) in [4.78, 5) is 0. The van der Waals surface area contributed by atoms with Crippen molar-refractivity contribution in [2.24, 2.45) is 11.7 Å². The first-order valence-electron chi connectivity index (χ1n) is 13.4. The van der Waals surface area contributed by atoms with E-state index in [4.69, 9.17) is 5.73 Å². The van der Waals surface area contributed by atoms with Crippen LogP contribution in [0.4, 0.5) is 0 Å². The number of nitrogens with zero attached hydrogens (tertiary/aromatic N) is 1. The number of allylic oxidation sites excluding steroid dienone is 4. The molecule has 2 aromatic rings. The number of rotatable bonds is 13. The van der Waals surface area contributed by atoms with Gasteiger partial charge in [-0.3, -0.25) is 0 Å². The molecule has 3 heteroatoms. The quantitative estimate of drug-likeness (QED) is 0.248. The third-order valence-corrected chi connectivity index (χ3v) is 7.36. The first-order valence-corrected chi connectivity index (χ1v) is 13.4. The fourth-order valence-electron chi connectivity index (χ4n) is 5.46. The molecule has 0 aliphatic heterocycles. The molecule has 1 aliphatic carbocycles. The Morgan fingerprint density at radius 2 is 1.88 bits per heavy atom. The van der Waals surface area contributed by atoms with E-state index >= 15 is 0 Å². The highest BCUT2D eigenvalue weighted by molar-refractivity contribution is 5.84. The fourth-order valence-corrected chi connectivity index (χ4v) is 5.46. The maximum absolute atomic E-state index is 5.68. The Bertz CT molecular complexity index is 894. The first kappa shape index (κ1) is 25.8. The second-order valence-electron chi connectivity index (χ2n) is 10.3. The molecule has 3 nitrogen and oxygen atoms in total. The lowest BCUT2D eigenvalue weighted by Gasteiger charge is -2.30. The van der Waals surface area contributed by atoms with E-state index in [1.54, 1.807) is 5.56 Å². The molecule has 1 fully saturated rings. The maximum Gasteiger partial charge on any atom is 0.0486 e. The summed E-state index contributed by atoms with van der Waals surface area (Å²) in [5, 5.41) is 5.11. The van der Waals surface area contributed by atoms with Gasteiger partial charge in [0.15, 0.2) is 0 Å². The topological polar surface area (TPSA) is 43.0 Å². The number of aromatic nitrogens is 1. The predicted molar refractivity (Wildman–Crippen MR) is 145 cm³/mol. The Morgan fingerprint density at radius 1 is 1.09 bits per heavy atom. The van der Waals surface area contributed by atoms with Crippen molar-refractivity contribution in [3.63, 3.8) is 0 Å². The largest absolute Gasteiger partial charge is 0.343 e. The van der Waals surface area contributed by atoms with Crippen molar-refractivity contribution >= 4 is 10.9 Å². The summed E-state index contributed by atoms with van der Waals surface area (Å²) in [5.41, 5.74) is 11.5. The zero-order valence-electron chi connectivity index (χ0n) is 21.4. The van der Waals surface area contributed by atoms with Crippen LogP contribution in [0, 0.1) is 5.92 Å². The highest BCUT2D eigenvalue weighted by Crippen LogP contribution is 2.41. The van der Waals surface area contributed by atoms with Gasteiger partial charge in [-0.2, -0.15) is 0 Å². The van der Waals surface area contributed by atoms with Gasteiger partial charge in [-0.25, -0.2) is 0 Å². The Morgan fingerprint density at radius 3 is 2.64 bits per heavy atom. The zero-order chi connectivity index (χ0) is 23.5. The maximum atomic E-state index is 5.68. The van der Waals surface area contributed by atoms with Crippen LogP contribution in [0.15, 0.2) is 53.8 Å². The van der Waals surface area contributed by atoms with Gasteiger partial charge in [-0.1, -0.05) is 60.8 Å². The SMILES string of the molecule is CC(C)=CCCC(C)=CCn1cc(C(CCNCCCN)C2CCCCC2)c2ccccc21. The molecular formula is C30H47N3. The molecule has 1 aliphatic rings. The smallest absolute Gasteiger partial charge is 0.0486 e. The summed E-state index contributed by atoms with van der Waals surface area (Å²) < 4.78 is 2.49. The Hall–Kier alpha value is -1.84. The van der Waals surface area contributed by atoms with Crippen LogP contribution in [-0.2, 0) is 6.54 Å². The van der Waals surface area contributed by atoms with Gasteiger partial charge in [-0.15, -0.1) is 0 Å². The number of benzene rings is 1. The van der Waals surface area contributed by atoms with Crippen LogP contribution in [0.1, 0.15) is 90.0 Å². The van der Waals surface area contributed by atoms with E-state index in [0.717, 1.165) is 51.4 Å². The molecule has 0 spiro atoms. The van der Waals surface area contributed by atoms with Crippen LogP contribution in [0.25, 0.3) is 10.9 Å². The van der Waals surface area contributed by atoms with Crippen molar-refractivity contribution in [1.82, 2.24) is 9.88 Å². The zero-order valence-corrected chi connectivity index (χ0v) is 21.4. The van der Waals surface area contributed by atoms with Crippen molar-refractivity contribution in [3.05, 3.63) is 59.3 Å². The van der Waals surface area contributed by atoms with Gasteiger partial charge in [0.25, 0.3) is 0 Å². The van der Waals surface area contributed by atoms with Crippen molar-refractivity contribution in [2.45, 2.75) is 91.0 Å². The van der Waals surface area contributed by atoms with Crippen LogP contribution in [0.2, 0.25) is 0 Å². The summed E-state index contributed by atoms with van der Waals surface area (Å²) in [7, 11) is 0. The standard InChI is InChI=1S/C30H47N3/c1-24(2)11-9-12-25(3)18-22-33-23-29(28-15-7-8-16-30(28)33)27(17-21-32-20-10-19-31)26-13-5-4-6-14-26/h7-8,11,15-16,18,23,26-27,32H,4-6,9-10,12-14,17,19-22,31H2,1-3H3. The van der Waals surface area contributed by atoms with Crippen LogP contribution < -0.4 is 11.1 Å². The van der Waals surface area contributed by atoms with E-state index in [-0.39, 0.29) is 0 Å². The third-order valence-electron chi connectivity index (χ3n) is 7.36. The van der Waals surface area contributed by atoms with E-state index in [1.165, 1.54) is 60.6 Å². The number of nitrogens with one attached hydrogen (secondary N) is 1. The average molecular weight is 450 g/mol. The molecule has 1 unspecified atom stereocenters.